The Balaban J connectivity index is 1.60. The van der Waals surface area contributed by atoms with E-state index in [4.69, 9.17) is 9.47 Å². The predicted molar refractivity (Wildman–Crippen MR) is 95.3 cm³/mol. The second kappa shape index (κ2) is 7.76. The first-order valence-corrected chi connectivity index (χ1v) is 8.80. The lowest BCUT2D eigenvalue weighted by Crippen LogP contribution is -2.25. The van der Waals surface area contributed by atoms with Gasteiger partial charge in [0.2, 0.25) is 5.13 Å². The first kappa shape index (κ1) is 16.9. The van der Waals surface area contributed by atoms with Gasteiger partial charge >= 0.3 is 0 Å². The molecule has 0 amide bonds. The molecule has 24 heavy (non-hydrogen) atoms. The van der Waals surface area contributed by atoms with E-state index in [0.717, 1.165) is 48.5 Å². The summed E-state index contributed by atoms with van der Waals surface area (Å²) >= 11 is 1.45. The molecule has 0 aromatic carbocycles. The number of anilines is 2. The van der Waals surface area contributed by atoms with Crippen LogP contribution in [0.2, 0.25) is 0 Å². The van der Waals surface area contributed by atoms with Gasteiger partial charge in [-0.3, -0.25) is 0 Å². The van der Waals surface area contributed by atoms with Crippen LogP contribution in [0.1, 0.15) is 12.2 Å². The highest BCUT2D eigenvalue weighted by Gasteiger charge is 2.27. The first-order chi connectivity index (χ1) is 11.7. The quantitative estimate of drug-likeness (QED) is 0.756. The summed E-state index contributed by atoms with van der Waals surface area (Å²) in [6, 6.07) is 3.88. The van der Waals surface area contributed by atoms with E-state index in [1.807, 2.05) is 31.1 Å². The van der Waals surface area contributed by atoms with Gasteiger partial charge in [0.05, 0.1) is 13.2 Å². The molecule has 0 spiro atoms. The molecule has 1 aliphatic rings. The van der Waals surface area contributed by atoms with Crippen molar-refractivity contribution in [3.8, 4) is 5.75 Å². The number of aromatic nitrogens is 3. The molecule has 0 bridgehead atoms. The fraction of sp³-hybridized carbons (Fsp3) is 0.562. The van der Waals surface area contributed by atoms with Gasteiger partial charge < -0.3 is 19.3 Å². The molecule has 8 heteroatoms. The molecule has 3 heterocycles. The molecule has 3 rings (SSSR count). The van der Waals surface area contributed by atoms with Crippen LogP contribution < -0.4 is 14.5 Å². The Morgan fingerprint density at radius 2 is 2.29 bits per heavy atom. The smallest absolute Gasteiger partial charge is 0.205 e. The number of pyridine rings is 1. The number of hydrogen-bond acceptors (Lipinski definition) is 8. The Kier molecular flexibility index (Phi) is 5.47. The zero-order chi connectivity index (χ0) is 16.9. The molecule has 2 aromatic rings. The number of rotatable bonds is 7. The first-order valence-electron chi connectivity index (χ1n) is 8.03. The summed E-state index contributed by atoms with van der Waals surface area (Å²) in [7, 11) is 5.63. The maximum Gasteiger partial charge on any atom is 0.205 e. The summed E-state index contributed by atoms with van der Waals surface area (Å²) in [5, 5.41) is 0.964. The van der Waals surface area contributed by atoms with Crippen LogP contribution in [0.3, 0.4) is 0 Å². The molecule has 0 saturated carbocycles. The van der Waals surface area contributed by atoms with Crippen LogP contribution in [0.5, 0.6) is 5.75 Å². The van der Waals surface area contributed by atoms with Gasteiger partial charge in [0.15, 0.2) is 11.6 Å². The molecule has 2 aromatic heterocycles. The standard InChI is InChI=1S/C16H23N5O2S/c1-20(2)15-13(5-4-8-17-15)23-12-6-9-21(11-12)16-18-14(19-24-16)7-10-22-3/h4-5,8,12H,6-7,9-11H2,1-3H3/t12-/m1/s1. The van der Waals surface area contributed by atoms with Crippen LogP contribution in [0.15, 0.2) is 18.3 Å². The lowest BCUT2D eigenvalue weighted by molar-refractivity contribution is 0.201. The van der Waals surface area contributed by atoms with E-state index in [9.17, 15) is 0 Å². The molecule has 1 fully saturated rings. The van der Waals surface area contributed by atoms with Crippen molar-refractivity contribution in [1.29, 1.82) is 0 Å². The van der Waals surface area contributed by atoms with Crippen LogP contribution in [-0.2, 0) is 11.2 Å². The van der Waals surface area contributed by atoms with Gasteiger partial charge in [-0.1, -0.05) is 0 Å². The molecule has 0 unspecified atom stereocenters. The Morgan fingerprint density at radius 1 is 1.42 bits per heavy atom. The average molecular weight is 349 g/mol. The normalized spacial score (nSPS) is 17.3. The Labute approximate surface area is 146 Å². The van der Waals surface area contributed by atoms with Crippen LogP contribution in [-0.4, -0.2) is 61.3 Å². The van der Waals surface area contributed by atoms with E-state index in [1.54, 1.807) is 13.3 Å². The maximum atomic E-state index is 6.18. The number of nitrogens with zero attached hydrogens (tertiary/aromatic N) is 5. The number of ether oxygens (including phenoxy) is 2. The van der Waals surface area contributed by atoms with Gasteiger partial charge in [0.25, 0.3) is 0 Å². The van der Waals surface area contributed by atoms with Gasteiger partial charge in [0, 0.05) is 58.3 Å². The highest BCUT2D eigenvalue weighted by Crippen LogP contribution is 2.29. The van der Waals surface area contributed by atoms with Gasteiger partial charge in [-0.15, -0.1) is 0 Å². The Bertz CT molecular complexity index is 663. The minimum absolute atomic E-state index is 0.138. The van der Waals surface area contributed by atoms with E-state index in [2.05, 4.69) is 19.2 Å². The number of hydrogen-bond donors (Lipinski definition) is 0. The lowest BCUT2D eigenvalue weighted by atomic mass is 10.3. The third kappa shape index (κ3) is 3.93. The summed E-state index contributed by atoms with van der Waals surface area (Å²) < 4.78 is 15.7. The zero-order valence-corrected chi connectivity index (χ0v) is 15.1. The highest BCUT2D eigenvalue weighted by atomic mass is 32.1. The van der Waals surface area contributed by atoms with E-state index < -0.39 is 0 Å². The molecule has 1 atom stereocenters. The van der Waals surface area contributed by atoms with Gasteiger partial charge in [-0.2, -0.15) is 4.37 Å². The monoisotopic (exact) mass is 349 g/mol. The fourth-order valence-corrected chi connectivity index (χ4v) is 3.40. The lowest BCUT2D eigenvalue weighted by Gasteiger charge is -2.20. The van der Waals surface area contributed by atoms with Crippen molar-refractivity contribution < 1.29 is 9.47 Å². The molecule has 7 nitrogen and oxygen atoms in total. The van der Waals surface area contributed by atoms with Crippen molar-refractivity contribution >= 4 is 22.5 Å². The molecule has 0 radical (unpaired) electrons. The van der Waals surface area contributed by atoms with E-state index in [1.165, 1.54) is 11.5 Å². The summed E-state index contributed by atoms with van der Waals surface area (Å²) in [5.74, 6) is 2.53. The van der Waals surface area contributed by atoms with Crippen molar-refractivity contribution in [3.05, 3.63) is 24.2 Å². The van der Waals surface area contributed by atoms with Crippen molar-refractivity contribution in [2.24, 2.45) is 0 Å². The largest absolute Gasteiger partial charge is 0.485 e. The zero-order valence-electron chi connectivity index (χ0n) is 14.3. The summed E-state index contributed by atoms with van der Waals surface area (Å²) in [5.41, 5.74) is 0. The van der Waals surface area contributed by atoms with Gasteiger partial charge in [-0.25, -0.2) is 9.97 Å². The Hall–Kier alpha value is -1.93. The van der Waals surface area contributed by atoms with Crippen LogP contribution in [0.25, 0.3) is 0 Å². The molecular weight excluding hydrogens is 326 g/mol. The molecule has 1 aliphatic heterocycles. The van der Waals surface area contributed by atoms with Crippen molar-refractivity contribution in [2.45, 2.75) is 18.9 Å². The fourth-order valence-electron chi connectivity index (χ4n) is 2.66. The van der Waals surface area contributed by atoms with Gasteiger partial charge in [0.1, 0.15) is 11.9 Å². The molecular formula is C16H23N5O2S. The molecule has 0 aliphatic carbocycles. The maximum absolute atomic E-state index is 6.18. The SMILES string of the molecule is COCCc1nsc(N2CC[C@@H](Oc3cccnc3N(C)C)C2)n1. The number of methoxy groups -OCH3 is 1. The second-order valence-corrected chi connectivity index (χ2v) is 6.66. The minimum Gasteiger partial charge on any atom is -0.485 e. The van der Waals surface area contributed by atoms with Crippen LogP contribution >= 0.6 is 11.5 Å². The second-order valence-electron chi connectivity index (χ2n) is 5.93. The third-order valence-corrected chi connectivity index (χ3v) is 4.69. The van der Waals surface area contributed by atoms with Crippen molar-refractivity contribution in [3.63, 3.8) is 0 Å². The summed E-state index contributed by atoms with van der Waals surface area (Å²) in [6.45, 7) is 2.40. The third-order valence-electron chi connectivity index (χ3n) is 3.87. The van der Waals surface area contributed by atoms with Crippen LogP contribution in [0.4, 0.5) is 10.9 Å². The van der Waals surface area contributed by atoms with E-state index >= 15 is 0 Å². The van der Waals surface area contributed by atoms with Crippen molar-refractivity contribution in [2.75, 3.05) is 50.7 Å². The van der Waals surface area contributed by atoms with Gasteiger partial charge in [-0.05, 0) is 12.1 Å². The topological polar surface area (TPSA) is 63.6 Å². The predicted octanol–water partition coefficient (Wildman–Crippen LogP) is 1.85. The van der Waals surface area contributed by atoms with Crippen LogP contribution in [0, 0.1) is 0 Å². The molecule has 0 N–H and O–H groups in total. The minimum atomic E-state index is 0.138. The highest BCUT2D eigenvalue weighted by molar-refractivity contribution is 7.09. The molecule has 130 valence electrons. The summed E-state index contributed by atoms with van der Waals surface area (Å²) in [4.78, 5) is 13.2. The van der Waals surface area contributed by atoms with Crippen molar-refractivity contribution in [1.82, 2.24) is 14.3 Å². The Morgan fingerprint density at radius 3 is 3.08 bits per heavy atom. The van der Waals surface area contributed by atoms with E-state index in [0.29, 0.717) is 6.61 Å². The molecule has 1 saturated heterocycles. The summed E-state index contributed by atoms with van der Waals surface area (Å²) in [6.07, 6.45) is 3.64. The average Bonchev–Trinajstić information content (AvgIpc) is 3.22. The van der Waals surface area contributed by atoms with E-state index in [-0.39, 0.29) is 6.10 Å².